The lowest BCUT2D eigenvalue weighted by Crippen LogP contribution is -2.48. The quantitative estimate of drug-likeness (QED) is 0.809. The lowest BCUT2D eigenvalue weighted by Gasteiger charge is -2.34. The molecule has 0 aromatic heterocycles. The van der Waals surface area contributed by atoms with E-state index in [0.717, 1.165) is 52.2 Å². The summed E-state index contributed by atoms with van der Waals surface area (Å²) < 4.78 is 0. The lowest BCUT2D eigenvalue weighted by molar-refractivity contribution is -0.143. The molecule has 0 bridgehead atoms. The van der Waals surface area contributed by atoms with Gasteiger partial charge in [0, 0.05) is 45.8 Å². The van der Waals surface area contributed by atoms with Crippen LogP contribution in [-0.4, -0.2) is 84.7 Å². The predicted octanol–water partition coefficient (Wildman–Crippen LogP) is 0.419. The van der Waals surface area contributed by atoms with Gasteiger partial charge < -0.3 is 10.0 Å². The van der Waals surface area contributed by atoms with E-state index in [2.05, 4.69) is 21.7 Å². The number of likely N-dealkylation sites (N-methyl/N-ethyl adjacent to an activating group) is 1. The third kappa shape index (κ3) is 2.85. The molecule has 0 aromatic rings. The van der Waals surface area contributed by atoms with Gasteiger partial charge in [0.25, 0.3) is 0 Å². The van der Waals surface area contributed by atoms with Crippen LogP contribution >= 0.6 is 0 Å². The second-order valence-electron chi connectivity index (χ2n) is 6.78. The number of piperazine rings is 1. The van der Waals surface area contributed by atoms with E-state index in [-0.39, 0.29) is 6.04 Å². The average Bonchev–Trinajstić information content (AvgIpc) is 2.97. The highest BCUT2D eigenvalue weighted by Gasteiger charge is 2.47. The molecule has 0 aromatic carbocycles. The summed E-state index contributed by atoms with van der Waals surface area (Å²) >= 11 is 0. The summed E-state index contributed by atoms with van der Waals surface area (Å²) in [5, 5.41) is 9.54. The van der Waals surface area contributed by atoms with Crippen LogP contribution in [0.25, 0.3) is 0 Å². The minimum Gasteiger partial charge on any atom is -0.480 e. The van der Waals surface area contributed by atoms with Gasteiger partial charge in [0.15, 0.2) is 0 Å². The van der Waals surface area contributed by atoms with Crippen LogP contribution in [0.4, 0.5) is 0 Å². The zero-order chi connectivity index (χ0) is 14.1. The van der Waals surface area contributed by atoms with Crippen molar-refractivity contribution in [2.24, 2.45) is 11.8 Å². The molecule has 3 fully saturated rings. The van der Waals surface area contributed by atoms with Crippen molar-refractivity contribution >= 4 is 5.97 Å². The minimum absolute atomic E-state index is 0.213. The smallest absolute Gasteiger partial charge is 0.321 e. The first-order valence-electron chi connectivity index (χ1n) is 8.03. The maximum atomic E-state index is 11.6. The van der Waals surface area contributed by atoms with E-state index in [1.807, 2.05) is 0 Å². The van der Waals surface area contributed by atoms with Gasteiger partial charge in [0.2, 0.25) is 0 Å². The largest absolute Gasteiger partial charge is 0.480 e. The van der Waals surface area contributed by atoms with Crippen molar-refractivity contribution in [1.82, 2.24) is 14.7 Å². The Kier molecular flexibility index (Phi) is 4.29. The van der Waals surface area contributed by atoms with Crippen molar-refractivity contribution in [2.45, 2.75) is 25.3 Å². The number of rotatable bonds is 4. The summed E-state index contributed by atoms with van der Waals surface area (Å²) in [5.41, 5.74) is 0. The normalized spacial score (nSPS) is 36.4. The topological polar surface area (TPSA) is 47.0 Å². The second-order valence-corrected chi connectivity index (χ2v) is 6.78. The Morgan fingerprint density at radius 3 is 2.60 bits per heavy atom. The number of nitrogens with zero attached hydrogens (tertiary/aromatic N) is 3. The number of hydrogen-bond donors (Lipinski definition) is 1. The van der Waals surface area contributed by atoms with Gasteiger partial charge in [-0.15, -0.1) is 0 Å². The summed E-state index contributed by atoms with van der Waals surface area (Å²) in [6.07, 6.45) is 3.58. The maximum absolute atomic E-state index is 11.6. The average molecular weight is 281 g/mol. The second kappa shape index (κ2) is 6.00. The van der Waals surface area contributed by atoms with Crippen LogP contribution in [0, 0.1) is 11.8 Å². The molecule has 0 spiro atoms. The van der Waals surface area contributed by atoms with Gasteiger partial charge in [-0.05, 0) is 31.7 Å². The summed E-state index contributed by atoms with van der Waals surface area (Å²) in [7, 11) is 2.17. The van der Waals surface area contributed by atoms with E-state index in [1.165, 1.54) is 12.8 Å². The molecule has 1 N–H and O–H groups in total. The predicted molar refractivity (Wildman–Crippen MR) is 77.8 cm³/mol. The van der Waals surface area contributed by atoms with Gasteiger partial charge in [-0.1, -0.05) is 6.42 Å². The third-order valence-corrected chi connectivity index (χ3v) is 5.54. The zero-order valence-electron chi connectivity index (χ0n) is 12.5. The van der Waals surface area contributed by atoms with Crippen LogP contribution in [0.15, 0.2) is 0 Å². The molecule has 114 valence electrons. The molecule has 0 radical (unpaired) electrons. The Labute approximate surface area is 121 Å². The van der Waals surface area contributed by atoms with E-state index in [1.54, 1.807) is 0 Å². The van der Waals surface area contributed by atoms with Crippen molar-refractivity contribution in [3.05, 3.63) is 0 Å². The fraction of sp³-hybridized carbons (Fsp3) is 0.933. The van der Waals surface area contributed by atoms with E-state index in [4.69, 9.17) is 0 Å². The Morgan fingerprint density at radius 1 is 1.15 bits per heavy atom. The zero-order valence-corrected chi connectivity index (χ0v) is 12.5. The SMILES string of the molecule is CN1CCN(CCN2CC3CCCC3C2C(=O)O)CC1. The first kappa shape index (κ1) is 14.3. The van der Waals surface area contributed by atoms with Crippen LogP contribution in [0.1, 0.15) is 19.3 Å². The first-order chi connectivity index (χ1) is 9.65. The summed E-state index contributed by atoms with van der Waals surface area (Å²) in [5.74, 6) is 0.460. The Hall–Kier alpha value is -0.650. The van der Waals surface area contributed by atoms with Gasteiger partial charge in [0.05, 0.1) is 0 Å². The van der Waals surface area contributed by atoms with Crippen LogP contribution in [-0.2, 0) is 4.79 Å². The Morgan fingerprint density at radius 2 is 1.90 bits per heavy atom. The molecular formula is C15H27N3O2. The molecule has 2 heterocycles. The summed E-state index contributed by atoms with van der Waals surface area (Å²) in [6.45, 7) is 7.46. The number of hydrogen-bond acceptors (Lipinski definition) is 4. The molecular weight excluding hydrogens is 254 g/mol. The Balaban J connectivity index is 1.53. The molecule has 5 heteroatoms. The third-order valence-electron chi connectivity index (χ3n) is 5.54. The monoisotopic (exact) mass is 281 g/mol. The van der Waals surface area contributed by atoms with Gasteiger partial charge >= 0.3 is 5.97 Å². The van der Waals surface area contributed by atoms with Crippen molar-refractivity contribution in [3.63, 3.8) is 0 Å². The molecule has 3 rings (SSSR count). The van der Waals surface area contributed by atoms with Crippen LogP contribution < -0.4 is 0 Å². The highest BCUT2D eigenvalue weighted by atomic mass is 16.4. The van der Waals surface area contributed by atoms with Crippen molar-refractivity contribution in [2.75, 3.05) is 52.9 Å². The number of carboxylic acids is 1. The van der Waals surface area contributed by atoms with Crippen LogP contribution in [0.3, 0.4) is 0 Å². The van der Waals surface area contributed by atoms with Gasteiger partial charge in [0.1, 0.15) is 6.04 Å². The van der Waals surface area contributed by atoms with E-state index < -0.39 is 5.97 Å². The molecule has 0 amide bonds. The van der Waals surface area contributed by atoms with Gasteiger partial charge in [-0.25, -0.2) is 0 Å². The first-order valence-corrected chi connectivity index (χ1v) is 8.03. The van der Waals surface area contributed by atoms with Crippen molar-refractivity contribution in [1.29, 1.82) is 0 Å². The molecule has 1 aliphatic carbocycles. The van der Waals surface area contributed by atoms with E-state index in [9.17, 15) is 9.90 Å². The number of aliphatic carboxylic acids is 1. The fourth-order valence-electron chi connectivity index (χ4n) is 4.30. The molecule has 2 saturated heterocycles. The summed E-state index contributed by atoms with van der Waals surface area (Å²) in [4.78, 5) is 18.7. The van der Waals surface area contributed by atoms with Gasteiger partial charge in [-0.3, -0.25) is 14.6 Å². The molecule has 1 saturated carbocycles. The van der Waals surface area contributed by atoms with Crippen LogP contribution in [0.2, 0.25) is 0 Å². The minimum atomic E-state index is -0.599. The molecule has 3 atom stereocenters. The number of carbonyl (C=O) groups is 1. The van der Waals surface area contributed by atoms with Gasteiger partial charge in [-0.2, -0.15) is 0 Å². The van der Waals surface area contributed by atoms with Crippen molar-refractivity contribution < 1.29 is 9.90 Å². The Bertz CT molecular complexity index is 355. The maximum Gasteiger partial charge on any atom is 0.321 e. The molecule has 20 heavy (non-hydrogen) atoms. The number of carboxylic acid groups (broad SMARTS) is 1. The molecule has 3 aliphatic rings. The molecule has 3 unspecified atom stereocenters. The van der Waals surface area contributed by atoms with E-state index >= 15 is 0 Å². The summed E-state index contributed by atoms with van der Waals surface area (Å²) in [6, 6.07) is -0.213. The highest BCUT2D eigenvalue weighted by molar-refractivity contribution is 5.74. The number of fused-ring (bicyclic) bond motifs is 1. The fourth-order valence-corrected chi connectivity index (χ4v) is 4.30. The van der Waals surface area contributed by atoms with E-state index in [0.29, 0.717) is 11.8 Å². The van der Waals surface area contributed by atoms with Crippen molar-refractivity contribution in [3.8, 4) is 0 Å². The lowest BCUT2D eigenvalue weighted by atomic mass is 9.94. The standard InChI is InChI=1S/C15H27N3O2/c1-16-5-7-17(8-6-16)9-10-18-11-12-3-2-4-13(12)14(18)15(19)20/h12-14H,2-11H2,1H3,(H,19,20). The highest BCUT2D eigenvalue weighted by Crippen LogP contribution is 2.42. The molecule has 5 nitrogen and oxygen atoms in total. The number of likely N-dealkylation sites (tertiary alicyclic amines) is 1. The van der Waals surface area contributed by atoms with Crippen LogP contribution in [0.5, 0.6) is 0 Å². The molecule has 2 aliphatic heterocycles.